The van der Waals surface area contributed by atoms with Gasteiger partial charge in [-0.05, 0) is 65.8 Å². The summed E-state index contributed by atoms with van der Waals surface area (Å²) in [4.78, 5) is 17.8. The smallest absolute Gasteiger partial charge is 0.252 e. The Bertz CT molecular complexity index is 906. The van der Waals surface area contributed by atoms with Gasteiger partial charge in [0.15, 0.2) is 5.75 Å². The molecule has 0 aliphatic heterocycles. The number of rotatable bonds is 10. The molecule has 0 radical (unpaired) electrons. The molecule has 0 aliphatic carbocycles. The minimum Gasteiger partial charge on any atom is -0.398 e. The Balaban J connectivity index is 2.35. The Kier molecular flexibility index (Phi) is 8.41. The van der Waals surface area contributed by atoms with Gasteiger partial charge in [0.1, 0.15) is 0 Å². The van der Waals surface area contributed by atoms with Gasteiger partial charge in [-0.25, -0.2) is 0 Å². The molecule has 0 bridgehead atoms. The van der Waals surface area contributed by atoms with Gasteiger partial charge in [0, 0.05) is 22.7 Å². The average Bonchev–Trinajstić information content (AvgIpc) is 2.71. The van der Waals surface area contributed by atoms with Crippen LogP contribution in [0.25, 0.3) is 0 Å². The van der Waals surface area contributed by atoms with E-state index in [2.05, 4.69) is 52.2 Å². The number of hydrogen-bond donors (Lipinski definition) is 2. The van der Waals surface area contributed by atoms with Crippen LogP contribution in [0.15, 0.2) is 36.4 Å². The van der Waals surface area contributed by atoms with Crippen LogP contribution in [0.2, 0.25) is 5.02 Å². The molecule has 0 saturated heterocycles. The van der Waals surface area contributed by atoms with Crippen LogP contribution in [0.5, 0.6) is 5.75 Å². The van der Waals surface area contributed by atoms with Gasteiger partial charge in [-0.1, -0.05) is 71.3 Å². The molecule has 0 saturated carbocycles. The van der Waals surface area contributed by atoms with E-state index in [1.807, 2.05) is 25.1 Å². The molecule has 31 heavy (non-hydrogen) atoms. The normalized spacial score (nSPS) is 12.0. The number of nitrogen functional groups attached to an aromatic ring is 1. The number of nitrogens with one attached hydrogen (secondary N) is 1. The maximum Gasteiger partial charge on any atom is 0.252 e. The van der Waals surface area contributed by atoms with Crippen molar-refractivity contribution in [2.75, 3.05) is 5.73 Å². The largest absolute Gasteiger partial charge is 0.398 e. The zero-order valence-electron chi connectivity index (χ0n) is 19.8. The summed E-state index contributed by atoms with van der Waals surface area (Å²) in [6.45, 7) is 13.1. The summed E-state index contributed by atoms with van der Waals surface area (Å²) >= 11 is 6.05. The number of hydrogen-bond acceptors (Lipinski definition) is 3. The number of amides is 1. The van der Waals surface area contributed by atoms with Crippen molar-refractivity contribution in [1.29, 1.82) is 0 Å². The lowest BCUT2D eigenvalue weighted by Gasteiger charge is -2.31. The number of aryl methyl sites for hydroxylation is 1. The monoisotopic (exact) mass is 444 g/mol. The molecule has 0 unspecified atom stereocenters. The first-order valence-electron chi connectivity index (χ1n) is 11.1. The molecule has 1 amide bonds. The fourth-order valence-electron chi connectivity index (χ4n) is 3.54. The van der Waals surface area contributed by atoms with Gasteiger partial charge in [0.25, 0.3) is 5.91 Å². The van der Waals surface area contributed by atoms with Crippen LogP contribution in [0.4, 0.5) is 5.69 Å². The fourth-order valence-corrected chi connectivity index (χ4v) is 3.72. The summed E-state index contributed by atoms with van der Waals surface area (Å²) in [5, 5.41) is 0.647. The Morgan fingerprint density at radius 2 is 1.77 bits per heavy atom. The third-order valence-electron chi connectivity index (χ3n) is 6.25. The predicted octanol–water partition coefficient (Wildman–Crippen LogP) is 6.73. The quantitative estimate of drug-likeness (QED) is 0.315. The van der Waals surface area contributed by atoms with E-state index in [0.717, 1.165) is 36.8 Å². The van der Waals surface area contributed by atoms with E-state index in [0.29, 0.717) is 22.9 Å². The molecule has 2 rings (SSSR count). The van der Waals surface area contributed by atoms with Crippen LogP contribution < -0.4 is 16.1 Å². The van der Waals surface area contributed by atoms with Crippen LogP contribution in [0.1, 0.15) is 83.9 Å². The van der Waals surface area contributed by atoms with Crippen molar-refractivity contribution in [2.45, 2.75) is 84.5 Å². The van der Waals surface area contributed by atoms with Gasteiger partial charge < -0.3 is 10.6 Å². The van der Waals surface area contributed by atoms with Crippen LogP contribution in [-0.4, -0.2) is 5.91 Å². The first-order valence-corrected chi connectivity index (χ1v) is 11.5. The molecule has 3 N–H and O–H groups in total. The molecular weight excluding hydrogens is 408 g/mol. The lowest BCUT2D eigenvalue weighted by atomic mass is 9.75. The first-order chi connectivity index (χ1) is 14.5. The van der Waals surface area contributed by atoms with Crippen molar-refractivity contribution < 1.29 is 9.63 Å². The average molecular weight is 445 g/mol. The molecular formula is C26H37ClN2O2. The highest BCUT2D eigenvalue weighted by molar-refractivity contribution is 6.30. The number of halogens is 1. The molecule has 2 aromatic rings. The fraction of sp³-hybridized carbons (Fsp3) is 0.500. The standard InChI is InChI=1S/C26H37ClN2O2/c1-7-9-24(30)29-31-23-13-11-19(25(3,4)8-2)16-21(23)26(5,6)15-14-18-10-12-20(27)17-22(18)28/h10-13,16-17H,7-9,14-15,28H2,1-6H3,(H,29,30). The SMILES string of the molecule is CCCC(=O)NOc1ccc(C(C)(C)CC)cc1C(C)(C)CCc1ccc(Cl)cc1N. The maximum atomic E-state index is 12.0. The van der Waals surface area contributed by atoms with E-state index in [4.69, 9.17) is 22.2 Å². The van der Waals surface area contributed by atoms with E-state index in [9.17, 15) is 4.79 Å². The molecule has 170 valence electrons. The molecule has 0 heterocycles. The Labute approximate surface area is 192 Å². The molecule has 0 aliphatic rings. The van der Waals surface area contributed by atoms with Crippen LogP contribution in [-0.2, 0) is 22.0 Å². The van der Waals surface area contributed by atoms with Gasteiger partial charge in [-0.2, -0.15) is 5.48 Å². The summed E-state index contributed by atoms with van der Waals surface area (Å²) in [7, 11) is 0. The third kappa shape index (κ3) is 6.64. The number of benzene rings is 2. The maximum absolute atomic E-state index is 12.0. The number of anilines is 1. The molecule has 2 aromatic carbocycles. The lowest BCUT2D eigenvalue weighted by Crippen LogP contribution is -2.29. The van der Waals surface area contributed by atoms with Crippen LogP contribution in [0, 0.1) is 0 Å². The van der Waals surface area contributed by atoms with E-state index in [1.54, 1.807) is 6.07 Å². The van der Waals surface area contributed by atoms with Crippen LogP contribution in [0.3, 0.4) is 0 Å². The Morgan fingerprint density at radius 1 is 1.06 bits per heavy atom. The van der Waals surface area contributed by atoms with E-state index >= 15 is 0 Å². The molecule has 5 heteroatoms. The Hall–Kier alpha value is -2.20. The summed E-state index contributed by atoms with van der Waals surface area (Å²) in [6.07, 6.45) is 3.93. The topological polar surface area (TPSA) is 64.3 Å². The first kappa shape index (κ1) is 25.1. The number of hydroxylamine groups is 1. The second-order valence-corrected chi connectivity index (χ2v) is 9.99. The third-order valence-corrected chi connectivity index (χ3v) is 6.49. The second kappa shape index (κ2) is 10.4. The summed E-state index contributed by atoms with van der Waals surface area (Å²) in [6, 6.07) is 12.0. The highest BCUT2D eigenvalue weighted by atomic mass is 35.5. The number of nitrogens with two attached hydrogens (primary N) is 1. The molecule has 0 aromatic heterocycles. The number of carbonyl (C=O) groups excluding carboxylic acids is 1. The van der Waals surface area contributed by atoms with Gasteiger partial charge in [0.05, 0.1) is 0 Å². The summed E-state index contributed by atoms with van der Waals surface area (Å²) < 4.78 is 0. The number of carbonyl (C=O) groups is 1. The van der Waals surface area contributed by atoms with Crippen molar-refractivity contribution in [3.05, 3.63) is 58.1 Å². The van der Waals surface area contributed by atoms with Gasteiger partial charge >= 0.3 is 0 Å². The van der Waals surface area contributed by atoms with Crippen molar-refractivity contribution in [2.24, 2.45) is 0 Å². The second-order valence-electron chi connectivity index (χ2n) is 9.55. The van der Waals surface area contributed by atoms with E-state index in [-0.39, 0.29) is 16.7 Å². The molecule has 0 fully saturated rings. The van der Waals surface area contributed by atoms with Crippen molar-refractivity contribution in [3.8, 4) is 5.75 Å². The molecule has 0 spiro atoms. The van der Waals surface area contributed by atoms with Crippen molar-refractivity contribution >= 4 is 23.2 Å². The Morgan fingerprint density at radius 3 is 2.39 bits per heavy atom. The van der Waals surface area contributed by atoms with Gasteiger partial charge in [0.2, 0.25) is 0 Å². The van der Waals surface area contributed by atoms with E-state index < -0.39 is 0 Å². The lowest BCUT2D eigenvalue weighted by molar-refractivity contribution is -0.127. The van der Waals surface area contributed by atoms with Gasteiger partial charge in [-0.3, -0.25) is 4.79 Å². The predicted molar refractivity (Wildman–Crippen MR) is 131 cm³/mol. The van der Waals surface area contributed by atoms with Crippen molar-refractivity contribution in [1.82, 2.24) is 5.48 Å². The zero-order valence-corrected chi connectivity index (χ0v) is 20.5. The summed E-state index contributed by atoms with van der Waals surface area (Å²) in [5.41, 5.74) is 12.8. The summed E-state index contributed by atoms with van der Waals surface area (Å²) in [5.74, 6) is 0.576. The minimum atomic E-state index is -0.198. The van der Waals surface area contributed by atoms with E-state index in [1.165, 1.54) is 5.56 Å². The highest BCUT2D eigenvalue weighted by Gasteiger charge is 2.28. The minimum absolute atomic E-state index is 0.0510. The van der Waals surface area contributed by atoms with Gasteiger partial charge in [-0.15, -0.1) is 0 Å². The highest BCUT2D eigenvalue weighted by Crippen LogP contribution is 2.39. The molecule has 4 nitrogen and oxygen atoms in total. The zero-order chi connectivity index (χ0) is 23.2. The van der Waals surface area contributed by atoms with Crippen LogP contribution >= 0.6 is 11.6 Å². The van der Waals surface area contributed by atoms with Crippen molar-refractivity contribution in [3.63, 3.8) is 0 Å². The molecule has 0 atom stereocenters.